The summed E-state index contributed by atoms with van der Waals surface area (Å²) in [5.41, 5.74) is 2.02. The molecule has 2 heteroatoms. The van der Waals surface area contributed by atoms with Crippen molar-refractivity contribution in [2.75, 3.05) is 0 Å². The van der Waals surface area contributed by atoms with Crippen LogP contribution in [0.2, 0.25) is 0 Å². The van der Waals surface area contributed by atoms with Gasteiger partial charge in [0, 0.05) is 5.92 Å². The summed E-state index contributed by atoms with van der Waals surface area (Å²) < 4.78 is 0. The van der Waals surface area contributed by atoms with Crippen LogP contribution in [0, 0.1) is 0 Å². The minimum atomic E-state index is -0.810. The Labute approximate surface area is 108 Å². The van der Waals surface area contributed by atoms with Crippen LogP contribution in [0.5, 0.6) is 0 Å². The van der Waals surface area contributed by atoms with Crippen LogP contribution in [-0.4, -0.2) is 22.4 Å². The van der Waals surface area contributed by atoms with Gasteiger partial charge in [0.05, 0.1) is 12.2 Å². The average molecular weight is 242 g/mol. The third kappa shape index (κ3) is 2.78. The van der Waals surface area contributed by atoms with Crippen molar-refractivity contribution < 1.29 is 10.2 Å². The maximum Gasteiger partial charge on any atom is 0.0905 e. The first-order valence-electron chi connectivity index (χ1n) is 6.16. The second-order valence-corrected chi connectivity index (χ2v) is 4.53. The SMILES string of the molecule is C[C@@H](O)[C@H](O)C(c1ccccc1)c1ccccc1. The molecule has 0 saturated carbocycles. The van der Waals surface area contributed by atoms with Gasteiger partial charge in [-0.2, -0.15) is 0 Å². The van der Waals surface area contributed by atoms with Gasteiger partial charge in [-0.3, -0.25) is 0 Å². The lowest BCUT2D eigenvalue weighted by molar-refractivity contribution is 0.0213. The third-order valence-corrected chi connectivity index (χ3v) is 3.15. The van der Waals surface area contributed by atoms with E-state index < -0.39 is 12.2 Å². The summed E-state index contributed by atoms with van der Waals surface area (Å²) in [6, 6.07) is 19.6. The Kier molecular flexibility index (Phi) is 4.13. The fourth-order valence-electron chi connectivity index (χ4n) is 2.19. The number of benzene rings is 2. The van der Waals surface area contributed by atoms with Crippen molar-refractivity contribution in [3.8, 4) is 0 Å². The van der Waals surface area contributed by atoms with Gasteiger partial charge in [0.1, 0.15) is 0 Å². The highest BCUT2D eigenvalue weighted by atomic mass is 16.3. The molecule has 0 fully saturated rings. The Hall–Kier alpha value is -1.64. The summed E-state index contributed by atoms with van der Waals surface area (Å²) in [7, 11) is 0. The van der Waals surface area contributed by atoms with Gasteiger partial charge in [0.25, 0.3) is 0 Å². The fourth-order valence-corrected chi connectivity index (χ4v) is 2.19. The van der Waals surface area contributed by atoms with Gasteiger partial charge in [-0.15, -0.1) is 0 Å². The predicted molar refractivity (Wildman–Crippen MR) is 72.4 cm³/mol. The molecular weight excluding hydrogens is 224 g/mol. The molecule has 2 atom stereocenters. The van der Waals surface area contributed by atoms with Gasteiger partial charge >= 0.3 is 0 Å². The van der Waals surface area contributed by atoms with Crippen molar-refractivity contribution in [3.63, 3.8) is 0 Å². The van der Waals surface area contributed by atoms with Crippen molar-refractivity contribution in [1.82, 2.24) is 0 Å². The summed E-state index contributed by atoms with van der Waals surface area (Å²) in [6.45, 7) is 1.61. The van der Waals surface area contributed by atoms with E-state index in [4.69, 9.17) is 0 Å². The van der Waals surface area contributed by atoms with E-state index in [0.717, 1.165) is 11.1 Å². The second-order valence-electron chi connectivity index (χ2n) is 4.53. The molecule has 0 aliphatic carbocycles. The average Bonchev–Trinajstić information content (AvgIpc) is 2.41. The van der Waals surface area contributed by atoms with Crippen molar-refractivity contribution in [3.05, 3.63) is 71.8 Å². The first-order valence-corrected chi connectivity index (χ1v) is 6.16. The van der Waals surface area contributed by atoms with Crippen molar-refractivity contribution in [2.45, 2.75) is 25.0 Å². The van der Waals surface area contributed by atoms with Gasteiger partial charge in [-0.25, -0.2) is 0 Å². The zero-order valence-corrected chi connectivity index (χ0v) is 10.4. The lowest BCUT2D eigenvalue weighted by Crippen LogP contribution is -2.30. The highest BCUT2D eigenvalue weighted by molar-refractivity contribution is 5.34. The number of aliphatic hydroxyl groups is 2. The Morgan fingerprint density at radius 2 is 1.11 bits per heavy atom. The summed E-state index contributed by atoms with van der Waals surface area (Å²) in [5, 5.41) is 19.9. The normalized spacial score (nSPS) is 14.4. The predicted octanol–water partition coefficient (Wildman–Crippen LogP) is 2.56. The molecule has 0 spiro atoms. The van der Waals surface area contributed by atoms with E-state index in [-0.39, 0.29) is 5.92 Å². The minimum Gasteiger partial charge on any atom is -0.391 e. The Morgan fingerprint density at radius 1 is 0.722 bits per heavy atom. The highest BCUT2D eigenvalue weighted by Gasteiger charge is 2.26. The molecule has 0 aromatic heterocycles. The largest absolute Gasteiger partial charge is 0.391 e. The van der Waals surface area contributed by atoms with Crippen LogP contribution in [0.15, 0.2) is 60.7 Å². The Bertz CT molecular complexity index is 425. The zero-order chi connectivity index (χ0) is 13.0. The van der Waals surface area contributed by atoms with E-state index in [9.17, 15) is 10.2 Å². The zero-order valence-electron chi connectivity index (χ0n) is 10.4. The summed E-state index contributed by atoms with van der Waals surface area (Å²) in [5.74, 6) is -0.201. The fraction of sp³-hybridized carbons (Fsp3) is 0.250. The van der Waals surface area contributed by atoms with Crippen LogP contribution in [0.3, 0.4) is 0 Å². The van der Waals surface area contributed by atoms with Gasteiger partial charge in [0.2, 0.25) is 0 Å². The molecule has 0 radical (unpaired) electrons. The maximum atomic E-state index is 10.2. The number of hydrogen-bond donors (Lipinski definition) is 2. The molecule has 0 amide bonds. The molecule has 0 unspecified atom stereocenters. The molecule has 2 N–H and O–H groups in total. The van der Waals surface area contributed by atoms with E-state index in [2.05, 4.69) is 0 Å². The molecule has 0 bridgehead atoms. The first kappa shape index (κ1) is 12.8. The molecule has 0 heterocycles. The van der Waals surface area contributed by atoms with Crippen molar-refractivity contribution in [2.24, 2.45) is 0 Å². The molecule has 2 rings (SSSR count). The molecule has 18 heavy (non-hydrogen) atoms. The van der Waals surface area contributed by atoms with Crippen LogP contribution >= 0.6 is 0 Å². The number of rotatable bonds is 4. The minimum absolute atomic E-state index is 0.201. The lowest BCUT2D eigenvalue weighted by Gasteiger charge is -2.26. The van der Waals surface area contributed by atoms with E-state index >= 15 is 0 Å². The standard InChI is InChI=1S/C16H18O2/c1-12(17)16(18)15(13-8-4-2-5-9-13)14-10-6-3-7-11-14/h2-12,15-18H,1H3/t12-,16+/m1/s1. The molecule has 0 aliphatic heterocycles. The Balaban J connectivity index is 2.42. The van der Waals surface area contributed by atoms with Crippen LogP contribution in [0.4, 0.5) is 0 Å². The van der Waals surface area contributed by atoms with E-state index in [0.29, 0.717) is 0 Å². The topological polar surface area (TPSA) is 40.5 Å². The van der Waals surface area contributed by atoms with Gasteiger partial charge in [-0.1, -0.05) is 60.7 Å². The van der Waals surface area contributed by atoms with Gasteiger partial charge < -0.3 is 10.2 Å². The smallest absolute Gasteiger partial charge is 0.0905 e. The van der Waals surface area contributed by atoms with E-state index in [1.165, 1.54) is 0 Å². The number of aliphatic hydroxyl groups excluding tert-OH is 2. The molecule has 0 saturated heterocycles. The van der Waals surface area contributed by atoms with Gasteiger partial charge in [-0.05, 0) is 18.1 Å². The van der Waals surface area contributed by atoms with E-state index in [1.807, 2.05) is 60.7 Å². The summed E-state index contributed by atoms with van der Waals surface area (Å²) in [4.78, 5) is 0. The molecule has 2 aromatic rings. The molecule has 2 aromatic carbocycles. The molecule has 2 nitrogen and oxygen atoms in total. The monoisotopic (exact) mass is 242 g/mol. The maximum absolute atomic E-state index is 10.2. The first-order chi connectivity index (χ1) is 8.70. The molecule has 0 aliphatic rings. The molecule has 94 valence electrons. The summed E-state index contributed by atoms with van der Waals surface area (Å²) in [6.07, 6.45) is -1.58. The molecular formula is C16H18O2. The van der Waals surface area contributed by atoms with Crippen LogP contribution < -0.4 is 0 Å². The van der Waals surface area contributed by atoms with Gasteiger partial charge in [0.15, 0.2) is 0 Å². The lowest BCUT2D eigenvalue weighted by atomic mass is 9.85. The quantitative estimate of drug-likeness (QED) is 0.865. The van der Waals surface area contributed by atoms with Crippen molar-refractivity contribution >= 4 is 0 Å². The number of hydrogen-bond acceptors (Lipinski definition) is 2. The van der Waals surface area contributed by atoms with Crippen LogP contribution in [0.1, 0.15) is 24.0 Å². The third-order valence-electron chi connectivity index (χ3n) is 3.15. The van der Waals surface area contributed by atoms with Crippen LogP contribution in [0.25, 0.3) is 0 Å². The summed E-state index contributed by atoms with van der Waals surface area (Å²) >= 11 is 0. The van der Waals surface area contributed by atoms with E-state index in [1.54, 1.807) is 6.92 Å². The Morgan fingerprint density at radius 3 is 1.44 bits per heavy atom. The van der Waals surface area contributed by atoms with Crippen LogP contribution in [-0.2, 0) is 0 Å². The highest BCUT2D eigenvalue weighted by Crippen LogP contribution is 2.29. The second kappa shape index (κ2) is 5.80. The van der Waals surface area contributed by atoms with Crippen molar-refractivity contribution in [1.29, 1.82) is 0 Å².